The van der Waals surface area contributed by atoms with Crippen LogP contribution in [0.1, 0.15) is 6.42 Å². The highest BCUT2D eigenvalue weighted by molar-refractivity contribution is 5.69. The maximum Gasteiger partial charge on any atom is 0.411 e. The minimum atomic E-state index is -0.407. The van der Waals surface area contributed by atoms with Crippen LogP contribution in [0, 0.1) is 0 Å². The molecule has 54 valence electrons. The first-order chi connectivity index (χ1) is 4.83. The Hall–Kier alpha value is -1.25. The number of carbonyl (C=O) groups excluding carboxylic acids is 1. The monoisotopic (exact) mass is 139 g/mol. The molecule has 0 fully saturated rings. The van der Waals surface area contributed by atoms with Crippen LogP contribution in [-0.2, 0) is 4.74 Å². The number of hydrogen-bond acceptors (Lipinski definition) is 2. The van der Waals surface area contributed by atoms with Crippen LogP contribution < -0.4 is 5.32 Å². The summed E-state index contributed by atoms with van der Waals surface area (Å²) in [5, 5.41) is 2.57. The number of amides is 1. The molecule has 0 radical (unpaired) electrons. The molecule has 0 saturated heterocycles. The highest BCUT2D eigenvalue weighted by Crippen LogP contribution is 2.05. The van der Waals surface area contributed by atoms with Crippen molar-refractivity contribution in [2.24, 2.45) is 0 Å². The molecule has 1 aliphatic rings. The topological polar surface area (TPSA) is 38.3 Å². The van der Waals surface area contributed by atoms with Gasteiger partial charge < -0.3 is 4.74 Å². The van der Waals surface area contributed by atoms with Gasteiger partial charge in [0.05, 0.1) is 7.11 Å². The summed E-state index contributed by atoms with van der Waals surface area (Å²) in [6.45, 7) is 0. The lowest BCUT2D eigenvalue weighted by Gasteiger charge is -2.01. The van der Waals surface area contributed by atoms with Crippen LogP contribution in [0.5, 0.6) is 0 Å². The van der Waals surface area contributed by atoms with E-state index >= 15 is 0 Å². The van der Waals surface area contributed by atoms with E-state index < -0.39 is 6.09 Å². The third-order valence-electron chi connectivity index (χ3n) is 1.22. The largest absolute Gasteiger partial charge is 0.453 e. The van der Waals surface area contributed by atoms with Crippen LogP contribution in [-0.4, -0.2) is 13.2 Å². The van der Waals surface area contributed by atoms with Gasteiger partial charge in [0.25, 0.3) is 0 Å². The van der Waals surface area contributed by atoms with Crippen molar-refractivity contribution in [1.82, 2.24) is 5.32 Å². The molecular weight excluding hydrogens is 130 g/mol. The van der Waals surface area contributed by atoms with Gasteiger partial charge in [-0.15, -0.1) is 0 Å². The first kappa shape index (κ1) is 6.86. The number of methoxy groups -OCH3 is 1. The maximum atomic E-state index is 10.6. The lowest BCUT2D eigenvalue weighted by Crippen LogP contribution is -2.21. The standard InChI is InChI=1S/C7H9NO2/c1-10-7(9)8-6-4-2-3-5-6/h2-4H,5H2,1H3,(H,8,9). The van der Waals surface area contributed by atoms with Crippen LogP contribution in [0.3, 0.4) is 0 Å². The van der Waals surface area contributed by atoms with E-state index in [1.54, 1.807) is 0 Å². The minimum absolute atomic E-state index is 0.407. The van der Waals surface area contributed by atoms with Crippen molar-refractivity contribution in [3.8, 4) is 0 Å². The second kappa shape index (κ2) is 3.06. The Morgan fingerprint density at radius 3 is 3.10 bits per heavy atom. The normalized spacial score (nSPS) is 14.7. The molecule has 0 aromatic heterocycles. The molecule has 0 bridgehead atoms. The molecule has 3 heteroatoms. The van der Waals surface area contributed by atoms with E-state index in [2.05, 4.69) is 10.1 Å². The molecule has 1 N–H and O–H groups in total. The third kappa shape index (κ3) is 1.62. The van der Waals surface area contributed by atoms with Crippen LogP contribution in [0.4, 0.5) is 4.79 Å². The Morgan fingerprint density at radius 2 is 2.60 bits per heavy atom. The van der Waals surface area contributed by atoms with E-state index in [4.69, 9.17) is 0 Å². The molecule has 0 heterocycles. The van der Waals surface area contributed by atoms with E-state index in [9.17, 15) is 4.79 Å². The predicted molar refractivity (Wildman–Crippen MR) is 37.4 cm³/mol. The van der Waals surface area contributed by atoms with Crippen LogP contribution in [0.25, 0.3) is 0 Å². The quantitative estimate of drug-likeness (QED) is 0.592. The Balaban J connectivity index is 2.33. The zero-order valence-corrected chi connectivity index (χ0v) is 5.76. The molecule has 0 spiro atoms. The second-order valence-corrected chi connectivity index (χ2v) is 1.94. The highest BCUT2D eigenvalue weighted by Gasteiger charge is 2.02. The van der Waals surface area contributed by atoms with Gasteiger partial charge in [-0.25, -0.2) is 4.79 Å². The molecule has 1 amide bonds. The Kier molecular flexibility index (Phi) is 2.10. The van der Waals surface area contributed by atoms with E-state index in [0.717, 1.165) is 12.1 Å². The summed E-state index contributed by atoms with van der Waals surface area (Å²) in [5.74, 6) is 0. The molecule has 10 heavy (non-hydrogen) atoms. The predicted octanol–water partition coefficient (Wildman–Crippen LogP) is 1.19. The van der Waals surface area contributed by atoms with Gasteiger partial charge in [-0.3, -0.25) is 5.32 Å². The fraction of sp³-hybridized carbons (Fsp3) is 0.286. The highest BCUT2D eigenvalue weighted by atomic mass is 16.5. The Bertz CT molecular complexity index is 194. The maximum absolute atomic E-state index is 10.6. The van der Waals surface area contributed by atoms with E-state index in [0.29, 0.717) is 0 Å². The Labute approximate surface area is 59.4 Å². The van der Waals surface area contributed by atoms with Crippen molar-refractivity contribution < 1.29 is 9.53 Å². The average molecular weight is 139 g/mol. The number of ether oxygens (including phenoxy) is 1. The fourth-order valence-corrected chi connectivity index (χ4v) is 0.722. The zero-order valence-electron chi connectivity index (χ0n) is 5.76. The van der Waals surface area contributed by atoms with Gasteiger partial charge >= 0.3 is 6.09 Å². The second-order valence-electron chi connectivity index (χ2n) is 1.94. The van der Waals surface area contributed by atoms with Crippen molar-refractivity contribution in [2.75, 3.05) is 7.11 Å². The number of nitrogens with one attached hydrogen (secondary N) is 1. The summed E-state index contributed by atoms with van der Waals surface area (Å²) in [6, 6.07) is 0. The van der Waals surface area contributed by atoms with Gasteiger partial charge in [0.2, 0.25) is 0 Å². The molecule has 3 nitrogen and oxygen atoms in total. The molecule has 0 saturated carbocycles. The first-order valence-electron chi connectivity index (χ1n) is 3.03. The molecule has 0 atom stereocenters. The number of alkyl carbamates (subject to hydrolysis) is 1. The van der Waals surface area contributed by atoms with Gasteiger partial charge in [0.1, 0.15) is 0 Å². The lowest BCUT2D eigenvalue weighted by atomic mass is 10.4. The molecular formula is C7H9NO2. The number of allylic oxidation sites excluding steroid dienone is 3. The molecule has 0 aromatic rings. The summed E-state index contributed by atoms with van der Waals surface area (Å²) in [6.07, 6.45) is 6.08. The SMILES string of the molecule is COC(=O)NC1=CC=CC1. The Morgan fingerprint density at radius 1 is 1.80 bits per heavy atom. The summed E-state index contributed by atoms with van der Waals surface area (Å²) >= 11 is 0. The number of carbonyl (C=O) groups is 1. The molecule has 0 unspecified atom stereocenters. The van der Waals surface area contributed by atoms with Gasteiger partial charge in [-0.2, -0.15) is 0 Å². The fourth-order valence-electron chi connectivity index (χ4n) is 0.722. The molecule has 1 rings (SSSR count). The van der Waals surface area contributed by atoms with Crippen molar-refractivity contribution in [1.29, 1.82) is 0 Å². The lowest BCUT2D eigenvalue weighted by molar-refractivity contribution is 0.174. The number of rotatable bonds is 1. The summed E-state index contributed by atoms with van der Waals surface area (Å²) in [4.78, 5) is 10.6. The van der Waals surface area contributed by atoms with Gasteiger partial charge in [0.15, 0.2) is 0 Å². The van der Waals surface area contributed by atoms with E-state index in [-0.39, 0.29) is 0 Å². The van der Waals surface area contributed by atoms with Gasteiger partial charge in [0, 0.05) is 12.1 Å². The third-order valence-corrected chi connectivity index (χ3v) is 1.22. The zero-order chi connectivity index (χ0) is 7.40. The van der Waals surface area contributed by atoms with Crippen LogP contribution in [0.2, 0.25) is 0 Å². The summed E-state index contributed by atoms with van der Waals surface area (Å²) < 4.78 is 4.39. The van der Waals surface area contributed by atoms with Crippen molar-refractivity contribution in [3.63, 3.8) is 0 Å². The summed E-state index contributed by atoms with van der Waals surface area (Å²) in [7, 11) is 1.35. The van der Waals surface area contributed by atoms with Gasteiger partial charge in [-0.05, 0) is 6.08 Å². The smallest absolute Gasteiger partial charge is 0.411 e. The number of hydrogen-bond donors (Lipinski definition) is 1. The van der Waals surface area contributed by atoms with Crippen molar-refractivity contribution in [2.45, 2.75) is 6.42 Å². The van der Waals surface area contributed by atoms with Crippen molar-refractivity contribution in [3.05, 3.63) is 23.9 Å². The minimum Gasteiger partial charge on any atom is -0.453 e. The first-order valence-corrected chi connectivity index (χ1v) is 3.03. The average Bonchev–Trinajstić information content (AvgIpc) is 2.40. The van der Waals surface area contributed by atoms with Crippen LogP contribution >= 0.6 is 0 Å². The van der Waals surface area contributed by atoms with E-state index in [1.807, 2.05) is 18.2 Å². The van der Waals surface area contributed by atoms with Crippen molar-refractivity contribution >= 4 is 6.09 Å². The molecule has 1 aliphatic carbocycles. The van der Waals surface area contributed by atoms with E-state index in [1.165, 1.54) is 7.11 Å². The molecule has 0 aliphatic heterocycles. The molecule has 0 aromatic carbocycles. The van der Waals surface area contributed by atoms with Crippen LogP contribution in [0.15, 0.2) is 23.9 Å². The summed E-state index contributed by atoms with van der Waals surface area (Å²) in [5.41, 5.74) is 0.881. The van der Waals surface area contributed by atoms with Gasteiger partial charge in [-0.1, -0.05) is 12.2 Å².